The van der Waals surface area contributed by atoms with E-state index in [4.69, 9.17) is 4.74 Å². The second-order valence-electron chi connectivity index (χ2n) is 8.47. The highest BCUT2D eigenvalue weighted by Gasteiger charge is 2.41. The van der Waals surface area contributed by atoms with Crippen molar-refractivity contribution in [2.75, 3.05) is 39.9 Å². The predicted molar refractivity (Wildman–Crippen MR) is 87.4 cm³/mol. The minimum absolute atomic E-state index is 0.344. The first kappa shape index (κ1) is 15.8. The third-order valence-electron chi connectivity index (χ3n) is 6.11. The SMILES string of the molecule is CC(C)NCC1(CN(C)CC2CC3CCC2C3)CCOC1. The Morgan fingerprint density at radius 1 is 1.29 bits per heavy atom. The maximum Gasteiger partial charge on any atom is 0.0547 e. The van der Waals surface area contributed by atoms with Crippen LogP contribution in [0.1, 0.15) is 46.0 Å². The summed E-state index contributed by atoms with van der Waals surface area (Å²) in [6.45, 7) is 9.97. The molecule has 0 radical (unpaired) electrons. The molecule has 3 rings (SSSR count). The molecule has 3 fully saturated rings. The highest BCUT2D eigenvalue weighted by molar-refractivity contribution is 4.93. The van der Waals surface area contributed by atoms with Gasteiger partial charge in [-0.25, -0.2) is 0 Å². The van der Waals surface area contributed by atoms with Crippen LogP contribution in [0, 0.1) is 23.2 Å². The average molecular weight is 294 g/mol. The van der Waals surface area contributed by atoms with E-state index in [1.807, 2.05) is 0 Å². The van der Waals surface area contributed by atoms with Gasteiger partial charge in [-0.1, -0.05) is 20.3 Å². The van der Waals surface area contributed by atoms with E-state index in [0.29, 0.717) is 11.5 Å². The van der Waals surface area contributed by atoms with Crippen LogP contribution in [0.2, 0.25) is 0 Å². The Labute approximate surface area is 130 Å². The van der Waals surface area contributed by atoms with Crippen molar-refractivity contribution in [3.8, 4) is 0 Å². The van der Waals surface area contributed by atoms with Gasteiger partial charge in [0.25, 0.3) is 0 Å². The lowest BCUT2D eigenvalue weighted by Crippen LogP contribution is -2.46. The van der Waals surface area contributed by atoms with E-state index in [1.165, 1.54) is 45.2 Å². The lowest BCUT2D eigenvalue weighted by molar-refractivity contribution is 0.104. The predicted octanol–water partition coefficient (Wildman–Crippen LogP) is 2.76. The molecule has 1 N–H and O–H groups in total. The molecule has 0 aromatic heterocycles. The van der Waals surface area contributed by atoms with Gasteiger partial charge in [-0.3, -0.25) is 0 Å². The molecule has 4 atom stereocenters. The van der Waals surface area contributed by atoms with Gasteiger partial charge in [0, 0.05) is 37.7 Å². The number of nitrogens with one attached hydrogen (secondary N) is 1. The molecule has 2 saturated carbocycles. The van der Waals surface area contributed by atoms with Crippen LogP contribution in [0.5, 0.6) is 0 Å². The Kier molecular flexibility index (Phi) is 4.92. The zero-order valence-electron chi connectivity index (χ0n) is 14.2. The molecule has 1 aliphatic heterocycles. The highest BCUT2D eigenvalue weighted by atomic mass is 16.5. The lowest BCUT2D eigenvalue weighted by Gasteiger charge is -2.35. The molecule has 2 aliphatic carbocycles. The zero-order chi connectivity index (χ0) is 14.9. The summed E-state index contributed by atoms with van der Waals surface area (Å²) in [5.74, 6) is 3.09. The first-order chi connectivity index (χ1) is 10.1. The fourth-order valence-corrected chi connectivity index (χ4v) is 5.03. The van der Waals surface area contributed by atoms with Gasteiger partial charge in [-0.05, 0) is 50.5 Å². The van der Waals surface area contributed by atoms with Crippen molar-refractivity contribution < 1.29 is 4.74 Å². The first-order valence-electron chi connectivity index (χ1n) is 9.06. The van der Waals surface area contributed by atoms with E-state index in [0.717, 1.165) is 37.5 Å². The number of rotatable bonds is 7. The van der Waals surface area contributed by atoms with Gasteiger partial charge in [0.1, 0.15) is 0 Å². The number of hydrogen-bond acceptors (Lipinski definition) is 3. The van der Waals surface area contributed by atoms with Gasteiger partial charge < -0.3 is 15.0 Å². The summed E-state index contributed by atoms with van der Waals surface area (Å²) in [4.78, 5) is 2.61. The molecule has 21 heavy (non-hydrogen) atoms. The van der Waals surface area contributed by atoms with Crippen molar-refractivity contribution in [2.45, 2.75) is 52.0 Å². The van der Waals surface area contributed by atoms with Crippen molar-refractivity contribution in [3.63, 3.8) is 0 Å². The van der Waals surface area contributed by atoms with Gasteiger partial charge in [-0.15, -0.1) is 0 Å². The molecule has 0 aromatic rings. The van der Waals surface area contributed by atoms with Gasteiger partial charge in [-0.2, -0.15) is 0 Å². The van der Waals surface area contributed by atoms with Gasteiger partial charge >= 0.3 is 0 Å². The smallest absolute Gasteiger partial charge is 0.0547 e. The Morgan fingerprint density at radius 3 is 2.71 bits per heavy atom. The largest absolute Gasteiger partial charge is 0.381 e. The van der Waals surface area contributed by atoms with Gasteiger partial charge in [0.05, 0.1) is 6.61 Å². The Morgan fingerprint density at radius 2 is 2.14 bits per heavy atom. The van der Waals surface area contributed by atoms with Crippen molar-refractivity contribution in [3.05, 3.63) is 0 Å². The Hall–Kier alpha value is -0.120. The minimum Gasteiger partial charge on any atom is -0.381 e. The summed E-state index contributed by atoms with van der Waals surface area (Å²) < 4.78 is 5.75. The van der Waals surface area contributed by atoms with Crippen LogP contribution < -0.4 is 5.32 Å². The van der Waals surface area contributed by atoms with Crippen LogP contribution in [0.25, 0.3) is 0 Å². The summed E-state index contributed by atoms with van der Waals surface area (Å²) >= 11 is 0. The molecule has 122 valence electrons. The topological polar surface area (TPSA) is 24.5 Å². The van der Waals surface area contributed by atoms with Crippen molar-refractivity contribution in [2.24, 2.45) is 23.2 Å². The standard InChI is InChI=1S/C18H34N2O/c1-14(2)19-11-18(6-7-21-13-18)12-20(3)10-17-9-15-4-5-16(17)8-15/h14-17,19H,4-13H2,1-3H3. The molecule has 0 spiro atoms. The maximum absolute atomic E-state index is 5.75. The number of hydrogen-bond donors (Lipinski definition) is 1. The lowest BCUT2D eigenvalue weighted by atomic mass is 9.84. The van der Waals surface area contributed by atoms with Gasteiger partial charge in [0.2, 0.25) is 0 Å². The van der Waals surface area contributed by atoms with Crippen LogP contribution >= 0.6 is 0 Å². The van der Waals surface area contributed by atoms with Crippen molar-refractivity contribution >= 4 is 0 Å². The maximum atomic E-state index is 5.75. The fraction of sp³-hybridized carbons (Fsp3) is 1.00. The molecular weight excluding hydrogens is 260 g/mol. The number of ether oxygens (including phenoxy) is 1. The van der Waals surface area contributed by atoms with Crippen LogP contribution in [0.3, 0.4) is 0 Å². The molecule has 3 aliphatic rings. The molecule has 3 nitrogen and oxygen atoms in total. The highest BCUT2D eigenvalue weighted by Crippen LogP contribution is 2.48. The summed E-state index contributed by atoms with van der Waals surface area (Å²) in [5, 5.41) is 3.65. The van der Waals surface area contributed by atoms with Crippen molar-refractivity contribution in [1.29, 1.82) is 0 Å². The molecule has 0 amide bonds. The molecule has 2 bridgehead atoms. The molecule has 4 unspecified atom stereocenters. The van der Waals surface area contributed by atoms with Crippen LogP contribution in [0.4, 0.5) is 0 Å². The number of fused-ring (bicyclic) bond motifs is 2. The van der Waals surface area contributed by atoms with E-state index < -0.39 is 0 Å². The molecule has 0 aromatic carbocycles. The second kappa shape index (κ2) is 6.55. The molecule has 3 heteroatoms. The molecule has 1 heterocycles. The molecule has 1 saturated heterocycles. The monoisotopic (exact) mass is 294 g/mol. The summed E-state index contributed by atoms with van der Waals surface area (Å²) in [6, 6.07) is 0.568. The third-order valence-corrected chi connectivity index (χ3v) is 6.11. The summed E-state index contributed by atoms with van der Waals surface area (Å²) in [6.07, 6.45) is 7.27. The van der Waals surface area contributed by atoms with Gasteiger partial charge in [0.15, 0.2) is 0 Å². The number of nitrogens with zero attached hydrogens (tertiary/aromatic N) is 1. The Bertz CT molecular complexity index is 338. The average Bonchev–Trinajstić information content (AvgIpc) is 3.13. The summed E-state index contributed by atoms with van der Waals surface area (Å²) in [7, 11) is 2.33. The quantitative estimate of drug-likeness (QED) is 0.781. The third kappa shape index (κ3) is 3.80. The second-order valence-corrected chi connectivity index (χ2v) is 8.47. The van der Waals surface area contributed by atoms with Crippen LogP contribution in [-0.2, 0) is 4.74 Å². The van der Waals surface area contributed by atoms with E-state index >= 15 is 0 Å². The molecular formula is C18H34N2O. The minimum atomic E-state index is 0.344. The normalized spacial score (nSPS) is 39.0. The first-order valence-corrected chi connectivity index (χ1v) is 9.06. The zero-order valence-corrected chi connectivity index (χ0v) is 14.2. The van der Waals surface area contributed by atoms with E-state index in [2.05, 4.69) is 31.1 Å². The van der Waals surface area contributed by atoms with E-state index in [1.54, 1.807) is 0 Å². The van der Waals surface area contributed by atoms with Crippen LogP contribution in [-0.4, -0.2) is 50.8 Å². The summed E-state index contributed by atoms with van der Waals surface area (Å²) in [5.41, 5.74) is 0.344. The van der Waals surface area contributed by atoms with E-state index in [9.17, 15) is 0 Å². The van der Waals surface area contributed by atoms with Crippen molar-refractivity contribution in [1.82, 2.24) is 10.2 Å². The van der Waals surface area contributed by atoms with E-state index in [-0.39, 0.29) is 0 Å². The van der Waals surface area contributed by atoms with Crippen LogP contribution in [0.15, 0.2) is 0 Å². The fourth-order valence-electron chi connectivity index (χ4n) is 5.03. The Balaban J connectivity index is 1.50.